The fourth-order valence-corrected chi connectivity index (χ4v) is 2.50. The first-order valence-corrected chi connectivity index (χ1v) is 6.92. The molecule has 1 aromatic rings. The number of benzene rings is 1. The standard InChI is InChI=1S/C15H23F3N2/c1-3-20(13-8-5-4-6-9-13)14(2,12-19)10-7-11-15(16,17)18/h4-6,8-9H,3,7,10-12,19H2,1-2H3. The van der Waals surface area contributed by atoms with Crippen molar-refractivity contribution >= 4 is 5.69 Å². The monoisotopic (exact) mass is 288 g/mol. The lowest BCUT2D eigenvalue weighted by Crippen LogP contribution is -2.52. The zero-order valence-corrected chi connectivity index (χ0v) is 12.1. The maximum Gasteiger partial charge on any atom is 0.389 e. The van der Waals surface area contributed by atoms with Gasteiger partial charge in [-0.25, -0.2) is 0 Å². The molecule has 0 aromatic heterocycles. The first-order chi connectivity index (χ1) is 9.32. The molecule has 0 heterocycles. The summed E-state index contributed by atoms with van der Waals surface area (Å²) in [4.78, 5) is 2.09. The molecule has 0 saturated heterocycles. The molecule has 0 bridgehead atoms. The van der Waals surface area contributed by atoms with Gasteiger partial charge in [-0.2, -0.15) is 13.2 Å². The van der Waals surface area contributed by atoms with Crippen molar-refractivity contribution in [2.24, 2.45) is 5.73 Å². The second kappa shape index (κ2) is 6.97. The Morgan fingerprint density at radius 2 is 1.70 bits per heavy atom. The third kappa shape index (κ3) is 4.71. The van der Waals surface area contributed by atoms with Crippen LogP contribution >= 0.6 is 0 Å². The third-order valence-electron chi connectivity index (χ3n) is 3.65. The van der Waals surface area contributed by atoms with Crippen LogP contribution in [0.3, 0.4) is 0 Å². The van der Waals surface area contributed by atoms with Crippen molar-refractivity contribution in [1.82, 2.24) is 0 Å². The number of para-hydroxylation sites is 1. The second-order valence-corrected chi connectivity index (χ2v) is 5.25. The number of likely N-dealkylation sites (N-methyl/N-ethyl adjacent to an activating group) is 1. The van der Waals surface area contributed by atoms with Crippen molar-refractivity contribution < 1.29 is 13.2 Å². The second-order valence-electron chi connectivity index (χ2n) is 5.25. The Balaban J connectivity index is 2.79. The SMILES string of the molecule is CCN(c1ccccc1)C(C)(CN)CCCC(F)(F)F. The number of hydrogen-bond donors (Lipinski definition) is 1. The molecule has 5 heteroatoms. The number of nitrogens with zero attached hydrogens (tertiary/aromatic N) is 1. The minimum absolute atomic E-state index is 0.0978. The van der Waals surface area contributed by atoms with E-state index < -0.39 is 18.1 Å². The number of anilines is 1. The van der Waals surface area contributed by atoms with E-state index in [1.165, 1.54) is 0 Å². The highest BCUT2D eigenvalue weighted by Gasteiger charge is 2.32. The van der Waals surface area contributed by atoms with Crippen molar-refractivity contribution in [3.63, 3.8) is 0 Å². The van der Waals surface area contributed by atoms with Crippen LogP contribution in [0.1, 0.15) is 33.1 Å². The maximum absolute atomic E-state index is 12.3. The van der Waals surface area contributed by atoms with Crippen molar-refractivity contribution in [2.45, 2.75) is 44.8 Å². The predicted molar refractivity (Wildman–Crippen MR) is 76.8 cm³/mol. The van der Waals surface area contributed by atoms with Gasteiger partial charge >= 0.3 is 6.18 Å². The van der Waals surface area contributed by atoms with E-state index in [1.807, 2.05) is 44.2 Å². The van der Waals surface area contributed by atoms with Gasteiger partial charge in [-0.1, -0.05) is 18.2 Å². The molecule has 0 amide bonds. The van der Waals surface area contributed by atoms with E-state index in [4.69, 9.17) is 5.73 Å². The summed E-state index contributed by atoms with van der Waals surface area (Å²) in [5, 5.41) is 0. The number of hydrogen-bond acceptors (Lipinski definition) is 2. The predicted octanol–water partition coefficient (Wildman–Crippen LogP) is 3.96. The molecule has 0 aliphatic carbocycles. The Kier molecular flexibility index (Phi) is 5.87. The molecule has 1 unspecified atom stereocenters. The summed E-state index contributed by atoms with van der Waals surface area (Å²) in [5.41, 5.74) is 6.39. The fraction of sp³-hybridized carbons (Fsp3) is 0.600. The highest BCUT2D eigenvalue weighted by Crippen LogP contribution is 2.30. The highest BCUT2D eigenvalue weighted by atomic mass is 19.4. The van der Waals surface area contributed by atoms with E-state index in [-0.39, 0.29) is 6.42 Å². The van der Waals surface area contributed by atoms with Crippen LogP contribution in [0.25, 0.3) is 0 Å². The first kappa shape index (κ1) is 16.8. The van der Waals surface area contributed by atoms with E-state index in [9.17, 15) is 13.2 Å². The summed E-state index contributed by atoms with van der Waals surface area (Å²) in [6.45, 7) is 4.96. The van der Waals surface area contributed by atoms with Gasteiger partial charge in [0.15, 0.2) is 0 Å². The van der Waals surface area contributed by atoms with Gasteiger partial charge in [-0.15, -0.1) is 0 Å². The van der Waals surface area contributed by atoms with Crippen LogP contribution in [0.15, 0.2) is 30.3 Å². The van der Waals surface area contributed by atoms with Crippen LogP contribution in [0.4, 0.5) is 18.9 Å². The fourth-order valence-electron chi connectivity index (χ4n) is 2.50. The summed E-state index contributed by atoms with van der Waals surface area (Å²) in [6, 6.07) is 9.68. The Hall–Kier alpha value is -1.23. The lowest BCUT2D eigenvalue weighted by molar-refractivity contribution is -0.136. The van der Waals surface area contributed by atoms with E-state index in [2.05, 4.69) is 4.90 Å². The topological polar surface area (TPSA) is 29.3 Å². The summed E-state index contributed by atoms with van der Waals surface area (Å²) in [6.07, 6.45) is -4.33. The number of rotatable bonds is 7. The smallest absolute Gasteiger partial charge is 0.365 e. The summed E-state index contributed by atoms with van der Waals surface area (Å²) >= 11 is 0. The van der Waals surface area contributed by atoms with Crippen molar-refractivity contribution in [3.05, 3.63) is 30.3 Å². The van der Waals surface area contributed by atoms with Crippen molar-refractivity contribution in [2.75, 3.05) is 18.0 Å². The van der Waals surface area contributed by atoms with Gasteiger partial charge in [-0.05, 0) is 38.8 Å². The van der Waals surface area contributed by atoms with E-state index in [1.54, 1.807) is 0 Å². The number of alkyl halides is 3. The molecule has 0 saturated carbocycles. The van der Waals surface area contributed by atoms with Crippen LogP contribution in [-0.2, 0) is 0 Å². The van der Waals surface area contributed by atoms with Gasteiger partial charge in [0.05, 0.1) is 0 Å². The Labute approximate surface area is 118 Å². The molecule has 1 atom stereocenters. The Bertz CT molecular complexity index is 392. The molecule has 20 heavy (non-hydrogen) atoms. The Morgan fingerprint density at radius 3 is 2.15 bits per heavy atom. The minimum atomic E-state index is -4.10. The van der Waals surface area contributed by atoms with Gasteiger partial charge < -0.3 is 10.6 Å². The van der Waals surface area contributed by atoms with Crippen LogP contribution in [-0.4, -0.2) is 24.8 Å². The maximum atomic E-state index is 12.3. The lowest BCUT2D eigenvalue weighted by atomic mass is 9.91. The largest absolute Gasteiger partial charge is 0.389 e. The van der Waals surface area contributed by atoms with Crippen molar-refractivity contribution in [1.29, 1.82) is 0 Å². The van der Waals surface area contributed by atoms with Gasteiger partial charge in [-0.3, -0.25) is 0 Å². The summed E-state index contributed by atoms with van der Waals surface area (Å²) < 4.78 is 36.9. The summed E-state index contributed by atoms with van der Waals surface area (Å²) in [7, 11) is 0. The highest BCUT2D eigenvalue weighted by molar-refractivity contribution is 5.48. The van der Waals surface area contributed by atoms with E-state index >= 15 is 0 Å². The van der Waals surface area contributed by atoms with E-state index in [0.29, 0.717) is 19.5 Å². The van der Waals surface area contributed by atoms with Crippen molar-refractivity contribution in [3.8, 4) is 0 Å². The molecule has 0 radical (unpaired) electrons. The molecule has 1 rings (SSSR count). The zero-order valence-electron chi connectivity index (χ0n) is 12.1. The number of halogens is 3. The lowest BCUT2D eigenvalue weighted by Gasteiger charge is -2.42. The normalized spacial score (nSPS) is 14.9. The van der Waals surface area contributed by atoms with E-state index in [0.717, 1.165) is 5.69 Å². The molecule has 2 nitrogen and oxygen atoms in total. The average Bonchev–Trinajstić information content (AvgIpc) is 2.39. The van der Waals surface area contributed by atoms with Crippen LogP contribution < -0.4 is 10.6 Å². The van der Waals surface area contributed by atoms with Crippen LogP contribution in [0.2, 0.25) is 0 Å². The molecular weight excluding hydrogens is 265 g/mol. The van der Waals surface area contributed by atoms with Gasteiger partial charge in [0.25, 0.3) is 0 Å². The molecule has 0 aliphatic heterocycles. The molecule has 114 valence electrons. The van der Waals surface area contributed by atoms with Crippen LogP contribution in [0.5, 0.6) is 0 Å². The van der Waals surface area contributed by atoms with Crippen LogP contribution in [0, 0.1) is 0 Å². The minimum Gasteiger partial charge on any atom is -0.365 e. The average molecular weight is 288 g/mol. The number of nitrogens with two attached hydrogens (primary N) is 1. The quantitative estimate of drug-likeness (QED) is 0.822. The molecule has 0 fully saturated rings. The molecule has 2 N–H and O–H groups in total. The Morgan fingerprint density at radius 1 is 1.10 bits per heavy atom. The first-order valence-electron chi connectivity index (χ1n) is 6.92. The zero-order chi connectivity index (χ0) is 15.2. The molecule has 0 spiro atoms. The molecule has 1 aromatic carbocycles. The third-order valence-corrected chi connectivity index (χ3v) is 3.65. The molecular formula is C15H23F3N2. The molecule has 0 aliphatic rings. The summed E-state index contributed by atoms with van der Waals surface area (Å²) in [5.74, 6) is 0. The van der Waals surface area contributed by atoms with Gasteiger partial charge in [0.2, 0.25) is 0 Å². The van der Waals surface area contributed by atoms with Gasteiger partial charge in [0, 0.05) is 30.7 Å². The van der Waals surface area contributed by atoms with Gasteiger partial charge in [0.1, 0.15) is 0 Å².